The molecular weight excluding hydrogens is 338 g/mol. The van der Waals surface area contributed by atoms with Crippen LogP contribution in [0.3, 0.4) is 0 Å². The first-order valence-corrected chi connectivity index (χ1v) is 8.52. The number of aryl methyl sites for hydroxylation is 1. The van der Waals surface area contributed by atoms with E-state index in [2.05, 4.69) is 18.8 Å². The highest BCUT2D eigenvalue weighted by Crippen LogP contribution is 2.40. The van der Waals surface area contributed by atoms with Gasteiger partial charge < -0.3 is 4.74 Å². The van der Waals surface area contributed by atoms with E-state index in [0.29, 0.717) is 40.2 Å². The maximum atomic E-state index is 12.9. The average molecular weight is 358 g/mol. The number of rotatable bonds is 2. The molecule has 2 aromatic rings. The Morgan fingerprint density at radius 1 is 1.16 bits per heavy atom. The minimum atomic E-state index is -0.490. The van der Waals surface area contributed by atoms with Crippen LogP contribution in [-0.2, 0) is 11.2 Å². The number of pyridine rings is 1. The van der Waals surface area contributed by atoms with Crippen molar-refractivity contribution >= 4 is 23.4 Å². The van der Waals surface area contributed by atoms with E-state index in [0.717, 1.165) is 11.3 Å². The molecule has 0 radical (unpaired) electrons. The van der Waals surface area contributed by atoms with Crippen molar-refractivity contribution in [2.24, 2.45) is 5.41 Å². The molecule has 0 bridgehead atoms. The van der Waals surface area contributed by atoms with Crippen molar-refractivity contribution in [2.75, 3.05) is 7.11 Å². The number of esters is 1. The average Bonchev–Trinajstić information content (AvgIpc) is 2.52. The van der Waals surface area contributed by atoms with E-state index in [4.69, 9.17) is 16.3 Å². The summed E-state index contributed by atoms with van der Waals surface area (Å²) in [7, 11) is 1.33. The molecule has 0 atom stereocenters. The van der Waals surface area contributed by atoms with Gasteiger partial charge in [-0.05, 0) is 36.5 Å². The number of benzene rings is 1. The van der Waals surface area contributed by atoms with Gasteiger partial charge in [0.05, 0.1) is 24.1 Å². The summed E-state index contributed by atoms with van der Waals surface area (Å²) in [6.07, 6.45) is 1.11. The lowest BCUT2D eigenvalue weighted by atomic mass is 9.73. The molecule has 0 N–H and O–H groups in total. The molecule has 4 nitrogen and oxygen atoms in total. The summed E-state index contributed by atoms with van der Waals surface area (Å²) in [6.45, 7) is 5.89. The number of hydrogen-bond donors (Lipinski definition) is 0. The fourth-order valence-electron chi connectivity index (χ4n) is 3.49. The summed E-state index contributed by atoms with van der Waals surface area (Å²) in [4.78, 5) is 29.9. The molecule has 5 heteroatoms. The van der Waals surface area contributed by atoms with Crippen molar-refractivity contribution in [1.29, 1.82) is 0 Å². The third-order valence-corrected chi connectivity index (χ3v) is 4.79. The number of Topliss-reactive ketones (excluding diaryl/α,β-unsaturated/α-hetero) is 1. The van der Waals surface area contributed by atoms with Crippen LogP contribution in [0.25, 0.3) is 11.1 Å². The van der Waals surface area contributed by atoms with E-state index in [9.17, 15) is 9.59 Å². The normalized spacial score (nSPS) is 15.6. The van der Waals surface area contributed by atoms with Crippen molar-refractivity contribution in [3.63, 3.8) is 0 Å². The highest BCUT2D eigenvalue weighted by atomic mass is 35.5. The van der Waals surface area contributed by atoms with Crippen molar-refractivity contribution in [1.82, 2.24) is 4.98 Å². The fraction of sp³-hybridized carbons (Fsp3) is 0.350. The van der Waals surface area contributed by atoms with Gasteiger partial charge in [-0.2, -0.15) is 0 Å². The molecule has 0 unspecified atom stereocenters. The van der Waals surface area contributed by atoms with Gasteiger partial charge in [0.15, 0.2) is 5.78 Å². The number of nitrogens with zero attached hydrogens (tertiary/aromatic N) is 1. The molecule has 25 heavy (non-hydrogen) atoms. The quantitative estimate of drug-likeness (QED) is 0.734. The molecule has 0 amide bonds. The third-order valence-electron chi connectivity index (χ3n) is 4.54. The SMILES string of the molecule is COC(=O)c1c(C)nc2c(c1-c1ccc(Cl)cc1)C(=O)CC(C)(C)C2. The molecule has 1 aromatic heterocycles. The Bertz CT molecular complexity index is 870. The van der Waals surface area contributed by atoms with Crippen LogP contribution in [0.5, 0.6) is 0 Å². The number of aromatic nitrogens is 1. The Hall–Kier alpha value is -2.20. The predicted octanol–water partition coefficient (Wildman–Crippen LogP) is 4.65. The van der Waals surface area contributed by atoms with Gasteiger partial charge in [-0.25, -0.2) is 4.79 Å². The van der Waals surface area contributed by atoms with E-state index >= 15 is 0 Å². The molecule has 1 heterocycles. The second-order valence-electron chi connectivity index (χ2n) is 7.21. The maximum Gasteiger partial charge on any atom is 0.340 e. The second kappa shape index (κ2) is 6.26. The van der Waals surface area contributed by atoms with E-state index in [-0.39, 0.29) is 11.2 Å². The zero-order valence-electron chi connectivity index (χ0n) is 14.8. The zero-order valence-corrected chi connectivity index (χ0v) is 15.5. The maximum absolute atomic E-state index is 12.9. The van der Waals surface area contributed by atoms with E-state index in [1.54, 1.807) is 19.1 Å². The van der Waals surface area contributed by atoms with Gasteiger partial charge in [0.25, 0.3) is 0 Å². The summed E-state index contributed by atoms with van der Waals surface area (Å²) in [5.41, 5.74) is 3.42. The topological polar surface area (TPSA) is 56.3 Å². The van der Waals surface area contributed by atoms with Gasteiger partial charge in [-0.1, -0.05) is 37.6 Å². The minimum absolute atomic E-state index is 0.00820. The van der Waals surface area contributed by atoms with Gasteiger partial charge >= 0.3 is 5.97 Å². The number of ketones is 1. The first kappa shape index (κ1) is 17.6. The lowest BCUT2D eigenvalue weighted by Crippen LogP contribution is -2.30. The molecule has 0 saturated heterocycles. The van der Waals surface area contributed by atoms with Gasteiger partial charge in [-0.15, -0.1) is 0 Å². The van der Waals surface area contributed by atoms with Crippen LogP contribution >= 0.6 is 11.6 Å². The highest BCUT2D eigenvalue weighted by Gasteiger charge is 2.36. The largest absolute Gasteiger partial charge is 0.465 e. The number of halogens is 1. The summed E-state index contributed by atoms with van der Waals surface area (Å²) in [5, 5.41) is 0.593. The number of carbonyl (C=O) groups is 2. The molecule has 0 saturated carbocycles. The van der Waals surface area contributed by atoms with Crippen molar-refractivity contribution in [3.05, 3.63) is 51.8 Å². The summed E-state index contributed by atoms with van der Waals surface area (Å²) in [6, 6.07) is 7.13. The number of hydrogen-bond acceptors (Lipinski definition) is 4. The minimum Gasteiger partial charge on any atom is -0.465 e. The van der Waals surface area contributed by atoms with Gasteiger partial charge in [-0.3, -0.25) is 9.78 Å². The number of ether oxygens (including phenoxy) is 1. The summed E-state index contributed by atoms with van der Waals surface area (Å²) in [5.74, 6) is -0.482. The Kier molecular flexibility index (Phi) is 4.41. The fourth-order valence-corrected chi connectivity index (χ4v) is 3.61. The van der Waals surface area contributed by atoms with E-state index < -0.39 is 5.97 Å². The van der Waals surface area contributed by atoms with Crippen LogP contribution in [0.1, 0.15) is 52.4 Å². The van der Waals surface area contributed by atoms with Crippen LogP contribution < -0.4 is 0 Å². The number of fused-ring (bicyclic) bond motifs is 1. The highest BCUT2D eigenvalue weighted by molar-refractivity contribution is 6.30. The summed E-state index contributed by atoms with van der Waals surface area (Å²) < 4.78 is 4.95. The molecule has 130 valence electrons. The smallest absolute Gasteiger partial charge is 0.340 e. The first-order valence-electron chi connectivity index (χ1n) is 8.14. The Morgan fingerprint density at radius 2 is 1.80 bits per heavy atom. The molecule has 1 aliphatic carbocycles. The van der Waals surface area contributed by atoms with Gasteiger partial charge in [0.1, 0.15) is 0 Å². The van der Waals surface area contributed by atoms with Gasteiger partial charge in [0.2, 0.25) is 0 Å². The predicted molar refractivity (Wildman–Crippen MR) is 97.2 cm³/mol. The zero-order chi connectivity index (χ0) is 18.4. The molecule has 1 aliphatic rings. The molecule has 3 rings (SSSR count). The first-order chi connectivity index (χ1) is 11.7. The van der Waals surface area contributed by atoms with Crippen molar-refractivity contribution in [2.45, 2.75) is 33.6 Å². The Morgan fingerprint density at radius 3 is 2.40 bits per heavy atom. The summed E-state index contributed by atoms with van der Waals surface area (Å²) >= 11 is 6.00. The standard InChI is InChI=1S/C20H20ClNO3/c1-11-16(19(24)25-4)17(12-5-7-13(21)8-6-12)18-14(22-11)9-20(2,3)10-15(18)23/h5-8H,9-10H2,1-4H3. The molecular formula is C20H20ClNO3. The van der Waals surface area contributed by atoms with E-state index in [1.165, 1.54) is 7.11 Å². The monoisotopic (exact) mass is 357 g/mol. The van der Waals surface area contributed by atoms with Crippen LogP contribution in [-0.4, -0.2) is 23.8 Å². The van der Waals surface area contributed by atoms with Crippen LogP contribution in [0.2, 0.25) is 5.02 Å². The molecule has 1 aromatic carbocycles. The molecule has 0 fully saturated rings. The Balaban J connectivity index is 2.36. The van der Waals surface area contributed by atoms with E-state index in [1.807, 2.05) is 12.1 Å². The van der Waals surface area contributed by atoms with Crippen LogP contribution in [0.15, 0.2) is 24.3 Å². The van der Waals surface area contributed by atoms with Gasteiger partial charge in [0, 0.05) is 22.6 Å². The number of methoxy groups -OCH3 is 1. The van der Waals surface area contributed by atoms with Crippen molar-refractivity contribution in [3.8, 4) is 11.1 Å². The van der Waals surface area contributed by atoms with Crippen LogP contribution in [0, 0.1) is 12.3 Å². The lowest BCUT2D eigenvalue weighted by Gasteiger charge is -2.31. The third kappa shape index (κ3) is 3.19. The Labute approximate surface area is 152 Å². The number of carbonyl (C=O) groups excluding carboxylic acids is 2. The lowest BCUT2D eigenvalue weighted by molar-refractivity contribution is 0.0600. The van der Waals surface area contributed by atoms with Crippen molar-refractivity contribution < 1.29 is 14.3 Å². The van der Waals surface area contributed by atoms with Crippen LogP contribution in [0.4, 0.5) is 0 Å². The molecule has 0 aliphatic heterocycles. The second-order valence-corrected chi connectivity index (χ2v) is 7.64. The molecule has 0 spiro atoms.